The van der Waals surface area contributed by atoms with Crippen LogP contribution in [0.4, 0.5) is 10.1 Å². The Kier molecular flexibility index (Phi) is 8.72. The lowest BCUT2D eigenvalue weighted by Gasteiger charge is -2.31. The average molecular weight is 502 g/mol. The number of amides is 2. The molecular weight excluding hydrogens is 465 g/mol. The standard InChI is InChI=1S/C31H36FN3O2/c1-4-23-8-6-10-25(16-23)26-17-27(32)30(31(37)35-13-11-21(2)12-14-35)28(18-26)34-29(36)20-33-19-24-9-5-7-22(3)15-24/h5-10,15-18,21,33H,4,11-14,19-20H2,1-3H3,(H,34,36). The summed E-state index contributed by atoms with van der Waals surface area (Å²) >= 11 is 0. The topological polar surface area (TPSA) is 61.4 Å². The zero-order chi connectivity index (χ0) is 26.4. The van der Waals surface area contributed by atoms with Crippen LogP contribution < -0.4 is 10.6 Å². The van der Waals surface area contributed by atoms with E-state index in [0.29, 0.717) is 31.1 Å². The van der Waals surface area contributed by atoms with Crippen molar-refractivity contribution in [3.8, 4) is 11.1 Å². The largest absolute Gasteiger partial charge is 0.338 e. The molecule has 37 heavy (non-hydrogen) atoms. The molecule has 0 saturated carbocycles. The van der Waals surface area contributed by atoms with Gasteiger partial charge in [0.25, 0.3) is 5.91 Å². The second kappa shape index (κ2) is 12.2. The number of rotatable bonds is 8. The van der Waals surface area contributed by atoms with Crippen LogP contribution in [0.25, 0.3) is 11.1 Å². The molecule has 2 amide bonds. The number of nitrogens with zero attached hydrogens (tertiary/aromatic N) is 1. The predicted octanol–water partition coefficient (Wildman–Crippen LogP) is 5.96. The van der Waals surface area contributed by atoms with Gasteiger partial charge in [0, 0.05) is 19.6 Å². The quantitative estimate of drug-likeness (QED) is 0.400. The number of likely N-dealkylation sites (tertiary alicyclic amines) is 1. The summed E-state index contributed by atoms with van der Waals surface area (Å²) in [6.07, 6.45) is 2.64. The highest BCUT2D eigenvalue weighted by atomic mass is 19.1. The van der Waals surface area contributed by atoms with Crippen molar-refractivity contribution in [1.29, 1.82) is 0 Å². The normalized spacial score (nSPS) is 14.0. The van der Waals surface area contributed by atoms with E-state index in [1.165, 1.54) is 6.07 Å². The Bertz CT molecular complexity index is 1270. The molecule has 0 unspecified atom stereocenters. The lowest BCUT2D eigenvalue weighted by molar-refractivity contribution is -0.115. The first kappa shape index (κ1) is 26.6. The van der Waals surface area contributed by atoms with Gasteiger partial charge in [-0.3, -0.25) is 9.59 Å². The van der Waals surface area contributed by atoms with Gasteiger partial charge < -0.3 is 15.5 Å². The van der Waals surface area contributed by atoms with Crippen LogP contribution in [-0.2, 0) is 17.8 Å². The van der Waals surface area contributed by atoms with Crippen LogP contribution in [0.1, 0.15) is 53.7 Å². The van der Waals surface area contributed by atoms with Crippen LogP contribution in [0.5, 0.6) is 0 Å². The maximum atomic E-state index is 15.6. The number of piperidine rings is 1. The van der Waals surface area contributed by atoms with E-state index in [1.807, 2.05) is 49.4 Å². The van der Waals surface area contributed by atoms with Crippen molar-refractivity contribution in [3.05, 3.63) is 88.7 Å². The Morgan fingerprint density at radius 3 is 2.43 bits per heavy atom. The van der Waals surface area contributed by atoms with Gasteiger partial charge in [0.1, 0.15) is 5.82 Å². The molecule has 6 heteroatoms. The third kappa shape index (κ3) is 6.83. The fourth-order valence-corrected chi connectivity index (χ4v) is 4.77. The van der Waals surface area contributed by atoms with Gasteiger partial charge in [-0.25, -0.2) is 4.39 Å². The Morgan fingerprint density at radius 1 is 0.973 bits per heavy atom. The molecular formula is C31H36FN3O2. The van der Waals surface area contributed by atoms with Crippen molar-refractivity contribution in [2.45, 2.75) is 46.6 Å². The van der Waals surface area contributed by atoms with Gasteiger partial charge >= 0.3 is 0 Å². The van der Waals surface area contributed by atoms with E-state index in [4.69, 9.17) is 0 Å². The Labute approximate surface area is 219 Å². The first-order chi connectivity index (χ1) is 17.8. The van der Waals surface area contributed by atoms with E-state index in [-0.39, 0.29) is 29.6 Å². The first-order valence-corrected chi connectivity index (χ1v) is 13.1. The molecule has 1 fully saturated rings. The van der Waals surface area contributed by atoms with Crippen LogP contribution in [0.3, 0.4) is 0 Å². The fraction of sp³-hybridized carbons (Fsp3) is 0.355. The molecule has 0 radical (unpaired) electrons. The molecule has 0 spiro atoms. The van der Waals surface area contributed by atoms with E-state index >= 15 is 4.39 Å². The second-order valence-electron chi connectivity index (χ2n) is 10.1. The van der Waals surface area contributed by atoms with E-state index < -0.39 is 5.82 Å². The molecule has 1 aliphatic heterocycles. The summed E-state index contributed by atoms with van der Waals surface area (Å²) in [4.78, 5) is 28.0. The smallest absolute Gasteiger partial charge is 0.258 e. The monoisotopic (exact) mass is 501 g/mol. The lowest BCUT2D eigenvalue weighted by atomic mass is 9.96. The number of aryl methyl sites for hydroxylation is 2. The highest BCUT2D eigenvalue weighted by Gasteiger charge is 2.27. The molecule has 0 aliphatic carbocycles. The van der Waals surface area contributed by atoms with Crippen molar-refractivity contribution in [2.24, 2.45) is 5.92 Å². The molecule has 5 nitrogen and oxygen atoms in total. The summed E-state index contributed by atoms with van der Waals surface area (Å²) in [6.45, 7) is 8.00. The number of benzene rings is 3. The summed E-state index contributed by atoms with van der Waals surface area (Å²) in [5.41, 5.74) is 4.97. The summed E-state index contributed by atoms with van der Waals surface area (Å²) in [5.74, 6) is -0.777. The number of anilines is 1. The molecule has 0 aromatic heterocycles. The summed E-state index contributed by atoms with van der Waals surface area (Å²) in [6, 6.07) is 19.1. The Morgan fingerprint density at radius 2 is 1.70 bits per heavy atom. The Hall–Kier alpha value is -3.51. The van der Waals surface area contributed by atoms with E-state index in [0.717, 1.165) is 41.5 Å². The van der Waals surface area contributed by atoms with Gasteiger partial charge in [-0.15, -0.1) is 0 Å². The Balaban J connectivity index is 1.58. The molecule has 1 saturated heterocycles. The maximum Gasteiger partial charge on any atom is 0.258 e. The van der Waals surface area contributed by atoms with Gasteiger partial charge in [0.2, 0.25) is 5.91 Å². The van der Waals surface area contributed by atoms with Crippen molar-refractivity contribution < 1.29 is 14.0 Å². The molecule has 4 rings (SSSR count). The zero-order valence-corrected chi connectivity index (χ0v) is 21.9. The first-order valence-electron chi connectivity index (χ1n) is 13.1. The van der Waals surface area contributed by atoms with E-state index in [1.54, 1.807) is 11.0 Å². The fourth-order valence-electron chi connectivity index (χ4n) is 4.77. The van der Waals surface area contributed by atoms with Crippen LogP contribution in [0, 0.1) is 18.7 Å². The zero-order valence-electron chi connectivity index (χ0n) is 21.9. The molecule has 1 aliphatic rings. The minimum Gasteiger partial charge on any atom is -0.338 e. The predicted molar refractivity (Wildman–Crippen MR) is 147 cm³/mol. The molecule has 3 aromatic carbocycles. The van der Waals surface area contributed by atoms with Crippen LogP contribution in [0.2, 0.25) is 0 Å². The molecule has 1 heterocycles. The van der Waals surface area contributed by atoms with Crippen molar-refractivity contribution >= 4 is 17.5 Å². The maximum absolute atomic E-state index is 15.6. The minimum atomic E-state index is -0.619. The van der Waals surface area contributed by atoms with Gasteiger partial charge in [-0.2, -0.15) is 0 Å². The molecule has 3 aromatic rings. The highest BCUT2D eigenvalue weighted by Crippen LogP contribution is 2.31. The second-order valence-corrected chi connectivity index (χ2v) is 10.1. The van der Waals surface area contributed by atoms with E-state index in [9.17, 15) is 9.59 Å². The number of carbonyl (C=O) groups excluding carboxylic acids is 2. The van der Waals surface area contributed by atoms with E-state index in [2.05, 4.69) is 30.5 Å². The van der Waals surface area contributed by atoms with Crippen molar-refractivity contribution in [1.82, 2.24) is 10.2 Å². The average Bonchev–Trinajstić information content (AvgIpc) is 2.88. The van der Waals surface area contributed by atoms with Gasteiger partial charge in [-0.1, -0.05) is 67.9 Å². The number of halogens is 1. The number of nitrogens with one attached hydrogen (secondary N) is 2. The van der Waals surface area contributed by atoms with Crippen LogP contribution in [-0.4, -0.2) is 36.3 Å². The summed E-state index contributed by atoms with van der Waals surface area (Å²) in [5, 5.41) is 5.97. The molecule has 194 valence electrons. The lowest BCUT2D eigenvalue weighted by Crippen LogP contribution is -2.39. The van der Waals surface area contributed by atoms with Crippen LogP contribution in [0.15, 0.2) is 60.7 Å². The molecule has 0 bridgehead atoms. The number of hydrogen-bond donors (Lipinski definition) is 2. The summed E-state index contributed by atoms with van der Waals surface area (Å²) in [7, 11) is 0. The molecule has 0 atom stereocenters. The van der Waals surface area contributed by atoms with Crippen LogP contribution >= 0.6 is 0 Å². The van der Waals surface area contributed by atoms with Gasteiger partial charge in [0.05, 0.1) is 17.8 Å². The third-order valence-corrected chi connectivity index (χ3v) is 7.01. The van der Waals surface area contributed by atoms with Gasteiger partial charge in [-0.05, 0) is 66.5 Å². The number of carbonyl (C=O) groups is 2. The molecule has 2 N–H and O–H groups in total. The summed E-state index contributed by atoms with van der Waals surface area (Å²) < 4.78 is 15.6. The third-order valence-electron chi connectivity index (χ3n) is 7.01. The SMILES string of the molecule is CCc1cccc(-c2cc(F)c(C(=O)N3CCC(C)CC3)c(NC(=O)CNCc3cccc(C)c3)c2)c1. The minimum absolute atomic E-state index is 0.0416. The highest BCUT2D eigenvalue weighted by molar-refractivity contribution is 6.05. The van der Waals surface area contributed by atoms with Gasteiger partial charge in [0.15, 0.2) is 0 Å². The van der Waals surface area contributed by atoms with Crippen molar-refractivity contribution in [2.75, 3.05) is 25.0 Å². The number of hydrogen-bond acceptors (Lipinski definition) is 3. The van der Waals surface area contributed by atoms with Crippen molar-refractivity contribution in [3.63, 3.8) is 0 Å².